The molecule has 60 valence electrons. The summed E-state index contributed by atoms with van der Waals surface area (Å²) in [5, 5.41) is 0. The van der Waals surface area contributed by atoms with Crippen molar-refractivity contribution in [1.29, 1.82) is 0 Å². The number of hydrogen-bond donors (Lipinski definition) is 4. The van der Waals surface area contributed by atoms with Crippen LogP contribution in [0.4, 0.5) is 0 Å². The first-order valence-electron chi connectivity index (χ1n) is 1.45. The first kappa shape index (κ1) is 16.4. The second kappa shape index (κ2) is 15.9. The molecule has 0 saturated carbocycles. The maximum absolute atomic E-state index is 8.70. The van der Waals surface area contributed by atoms with Gasteiger partial charge in [0.05, 0.1) is 0 Å². The summed E-state index contributed by atoms with van der Waals surface area (Å²) in [6.45, 7) is 2.00. The number of carbonyl (C=O) groups excluding carboxylic acids is 1. The third-order valence-electron chi connectivity index (χ3n) is 0. The van der Waals surface area contributed by atoms with Crippen LogP contribution in [-0.4, -0.2) is 26.4 Å². The highest BCUT2D eigenvalue weighted by atomic mass is 31.1. The molecule has 0 amide bonds. The van der Waals surface area contributed by atoms with E-state index in [1.807, 2.05) is 6.79 Å². The Morgan fingerprint density at radius 3 is 0.800 bits per heavy atom. The predicted molar refractivity (Wildman–Crippen MR) is 31.2 cm³/mol. The van der Waals surface area contributed by atoms with Crippen molar-refractivity contribution in [3.8, 4) is 0 Å². The Labute approximate surface area is 57.8 Å². The first-order valence-corrected chi connectivity index (χ1v) is 3.78. The summed E-state index contributed by atoms with van der Waals surface area (Å²) in [7, 11) is -5.74. The van der Waals surface area contributed by atoms with E-state index in [4.69, 9.17) is 33.5 Å². The maximum atomic E-state index is 8.70. The van der Waals surface area contributed by atoms with Gasteiger partial charge in [0, 0.05) is 9.13 Å². The zero-order valence-electron chi connectivity index (χ0n) is 4.62. The van der Waals surface area contributed by atoms with Crippen LogP contribution in [0.15, 0.2) is 0 Å². The van der Waals surface area contributed by atoms with E-state index in [0.29, 0.717) is 0 Å². The smallest absolute Gasteiger partial charge is 0.307 e. The van der Waals surface area contributed by atoms with Gasteiger partial charge in [-0.05, 0) is 0 Å². The molecule has 0 aromatic rings. The Hall–Kier alpha value is -0.290. The standard InChI is InChI=1S/CH2O.2HO3P/c1-2;2*1-4(2)3/h1H2;2*(H-,1,2,3)/p+2. The van der Waals surface area contributed by atoms with Crippen molar-refractivity contribution in [2.24, 2.45) is 0 Å². The predicted octanol–water partition coefficient (Wildman–Crippen LogP) is -0.928. The fourth-order valence-electron chi connectivity index (χ4n) is 0. The van der Waals surface area contributed by atoms with E-state index in [-0.39, 0.29) is 0 Å². The number of rotatable bonds is 0. The molecule has 0 spiro atoms. The van der Waals surface area contributed by atoms with E-state index >= 15 is 0 Å². The summed E-state index contributed by atoms with van der Waals surface area (Å²) >= 11 is 0. The number of carbonyl (C=O) groups is 1. The molecule has 0 atom stereocenters. The first-order chi connectivity index (χ1) is 4.46. The molecule has 0 rings (SSSR count). The molecule has 0 radical (unpaired) electrons. The van der Waals surface area contributed by atoms with Crippen LogP contribution in [-0.2, 0) is 13.9 Å². The molecule has 0 saturated heterocycles. The second-order valence-electron chi connectivity index (χ2n) is 0.505. The van der Waals surface area contributed by atoms with Gasteiger partial charge in [-0.15, -0.1) is 19.6 Å². The van der Waals surface area contributed by atoms with Crippen LogP contribution in [0.5, 0.6) is 0 Å². The van der Waals surface area contributed by atoms with Crippen LogP contribution in [0.1, 0.15) is 0 Å². The zero-order chi connectivity index (χ0) is 9.15. The highest BCUT2D eigenvalue weighted by Crippen LogP contribution is 1.98. The number of hydrogen-bond acceptors (Lipinski definition) is 3. The minimum Gasteiger partial charge on any atom is -0.307 e. The van der Waals surface area contributed by atoms with E-state index in [1.165, 1.54) is 0 Å². The van der Waals surface area contributed by atoms with E-state index in [1.54, 1.807) is 0 Å². The fourth-order valence-corrected chi connectivity index (χ4v) is 0. The molecule has 7 nitrogen and oxygen atoms in total. The maximum Gasteiger partial charge on any atom is 0.692 e. The van der Waals surface area contributed by atoms with Gasteiger partial charge in [-0.2, -0.15) is 0 Å². The lowest BCUT2D eigenvalue weighted by atomic mass is 11.9. The Kier molecular flexibility index (Phi) is 26.0. The van der Waals surface area contributed by atoms with Gasteiger partial charge in [-0.3, -0.25) is 0 Å². The average Bonchev–Trinajstić information content (AvgIpc) is 1.66. The SMILES string of the molecule is C=O.O=[P+](O)O.O=[P+](O)O. The molecule has 0 bridgehead atoms. The molecule has 0 aliphatic rings. The summed E-state index contributed by atoms with van der Waals surface area (Å²) in [5.74, 6) is 0. The molecule has 0 aromatic carbocycles. The lowest BCUT2D eigenvalue weighted by molar-refractivity contribution is -0.0980. The molecule has 0 unspecified atom stereocenters. The average molecular weight is 192 g/mol. The lowest BCUT2D eigenvalue weighted by Gasteiger charge is -1.34. The molecule has 0 heterocycles. The van der Waals surface area contributed by atoms with Crippen molar-refractivity contribution in [2.45, 2.75) is 0 Å². The second-order valence-corrected chi connectivity index (χ2v) is 1.52. The van der Waals surface area contributed by atoms with Crippen molar-refractivity contribution >= 4 is 23.3 Å². The normalized spacial score (nSPS) is 5.60. The molecular formula is CH6O7P2+2. The van der Waals surface area contributed by atoms with Crippen LogP contribution < -0.4 is 0 Å². The topological polar surface area (TPSA) is 132 Å². The third-order valence-corrected chi connectivity index (χ3v) is 0. The van der Waals surface area contributed by atoms with Gasteiger partial charge in [-0.1, -0.05) is 0 Å². The van der Waals surface area contributed by atoms with E-state index in [0.717, 1.165) is 0 Å². The van der Waals surface area contributed by atoms with Crippen molar-refractivity contribution in [3.05, 3.63) is 0 Å². The Morgan fingerprint density at radius 2 is 0.800 bits per heavy atom. The quantitative estimate of drug-likeness (QED) is 0.364. The van der Waals surface area contributed by atoms with Crippen LogP contribution in [0.3, 0.4) is 0 Å². The van der Waals surface area contributed by atoms with E-state index in [9.17, 15) is 0 Å². The summed E-state index contributed by atoms with van der Waals surface area (Å²) < 4.78 is 17.4. The highest BCUT2D eigenvalue weighted by Gasteiger charge is 1.93. The monoisotopic (exact) mass is 192 g/mol. The van der Waals surface area contributed by atoms with Crippen molar-refractivity contribution in [2.75, 3.05) is 0 Å². The van der Waals surface area contributed by atoms with Crippen molar-refractivity contribution < 1.29 is 33.5 Å². The largest absolute Gasteiger partial charge is 0.692 e. The van der Waals surface area contributed by atoms with Gasteiger partial charge < -0.3 is 4.79 Å². The van der Waals surface area contributed by atoms with E-state index < -0.39 is 16.5 Å². The minimum absolute atomic E-state index is 2.00. The summed E-state index contributed by atoms with van der Waals surface area (Å²) in [5.41, 5.74) is 0. The summed E-state index contributed by atoms with van der Waals surface area (Å²) in [6.07, 6.45) is 0. The van der Waals surface area contributed by atoms with Crippen LogP contribution in [0.25, 0.3) is 0 Å². The third kappa shape index (κ3) is 4130. The van der Waals surface area contributed by atoms with Gasteiger partial charge in [-0.25, -0.2) is 0 Å². The van der Waals surface area contributed by atoms with Crippen LogP contribution >= 0.6 is 16.5 Å². The van der Waals surface area contributed by atoms with Crippen LogP contribution in [0.2, 0.25) is 0 Å². The van der Waals surface area contributed by atoms with Gasteiger partial charge in [0.15, 0.2) is 0 Å². The summed E-state index contributed by atoms with van der Waals surface area (Å²) in [6, 6.07) is 0. The van der Waals surface area contributed by atoms with Gasteiger partial charge in [0.25, 0.3) is 0 Å². The van der Waals surface area contributed by atoms with Gasteiger partial charge in [0.2, 0.25) is 0 Å². The molecule has 4 N–H and O–H groups in total. The molecule has 0 aliphatic carbocycles. The Morgan fingerprint density at radius 1 is 0.800 bits per heavy atom. The van der Waals surface area contributed by atoms with Crippen LogP contribution in [0, 0.1) is 0 Å². The Bertz CT molecular complexity index is 79.8. The minimum atomic E-state index is -2.87. The van der Waals surface area contributed by atoms with E-state index in [2.05, 4.69) is 0 Å². The van der Waals surface area contributed by atoms with Crippen molar-refractivity contribution in [3.63, 3.8) is 0 Å². The van der Waals surface area contributed by atoms with Crippen molar-refractivity contribution in [1.82, 2.24) is 0 Å². The molecule has 0 aliphatic heterocycles. The van der Waals surface area contributed by atoms with Gasteiger partial charge in [0.1, 0.15) is 6.79 Å². The summed E-state index contributed by atoms with van der Waals surface area (Å²) in [4.78, 5) is 36.5. The molecule has 0 fully saturated rings. The molecule has 9 heteroatoms. The molecule has 10 heavy (non-hydrogen) atoms. The zero-order valence-corrected chi connectivity index (χ0v) is 6.40. The molecular weight excluding hydrogens is 186 g/mol. The molecule has 0 aromatic heterocycles. The Balaban J connectivity index is -0.0000000787. The lowest BCUT2D eigenvalue weighted by Crippen LogP contribution is -1.38. The fraction of sp³-hybridized carbons (Fsp3) is 0. The van der Waals surface area contributed by atoms with Gasteiger partial charge >= 0.3 is 16.5 Å². The highest BCUT2D eigenvalue weighted by molar-refractivity contribution is 7.31.